The average Bonchev–Trinajstić information content (AvgIpc) is 2.93. The quantitative estimate of drug-likeness (QED) is 0.868. The maximum Gasteiger partial charge on any atom is 0.0952 e. The van der Waals surface area contributed by atoms with Crippen molar-refractivity contribution in [1.29, 1.82) is 0 Å². The summed E-state index contributed by atoms with van der Waals surface area (Å²) in [4.78, 5) is 2.19. The van der Waals surface area contributed by atoms with Gasteiger partial charge in [0.1, 0.15) is 0 Å². The van der Waals surface area contributed by atoms with Crippen LogP contribution in [0.1, 0.15) is 24.5 Å². The summed E-state index contributed by atoms with van der Waals surface area (Å²) in [7, 11) is 2.08. The molecule has 2 N–H and O–H groups in total. The highest BCUT2D eigenvalue weighted by atomic mass is 79.9. The third kappa shape index (κ3) is 3.87. The first-order valence-corrected chi connectivity index (χ1v) is 7.65. The number of rotatable bonds is 6. The minimum absolute atomic E-state index is 0.223. The molecule has 108 valence electrons. The van der Waals surface area contributed by atoms with Crippen LogP contribution in [0.2, 0.25) is 0 Å². The Morgan fingerprint density at radius 3 is 2.75 bits per heavy atom. The number of hydrogen-bond acceptors (Lipinski definition) is 3. The van der Waals surface area contributed by atoms with Crippen LogP contribution in [-0.4, -0.2) is 13.1 Å². The SMILES string of the molecule is CCC(N)Cc1ccc(N(C)Cc2ccoc2)cc1Br. The number of nitrogens with zero attached hydrogens (tertiary/aromatic N) is 1. The fourth-order valence-corrected chi connectivity index (χ4v) is 2.64. The standard InChI is InChI=1S/C16H21BrN2O/c1-3-14(18)8-13-4-5-15(9-16(13)17)19(2)10-12-6-7-20-11-12/h4-7,9,11,14H,3,8,10,18H2,1-2H3. The molecule has 0 saturated heterocycles. The third-order valence-electron chi connectivity index (χ3n) is 3.48. The molecular weight excluding hydrogens is 316 g/mol. The molecule has 1 atom stereocenters. The van der Waals surface area contributed by atoms with E-state index in [0.717, 1.165) is 23.9 Å². The van der Waals surface area contributed by atoms with Gasteiger partial charge in [-0.15, -0.1) is 0 Å². The van der Waals surface area contributed by atoms with Crippen LogP contribution >= 0.6 is 15.9 Å². The first-order chi connectivity index (χ1) is 9.60. The van der Waals surface area contributed by atoms with Gasteiger partial charge in [-0.05, 0) is 36.6 Å². The van der Waals surface area contributed by atoms with Crippen LogP contribution in [0.4, 0.5) is 5.69 Å². The number of anilines is 1. The lowest BCUT2D eigenvalue weighted by atomic mass is 10.0. The van der Waals surface area contributed by atoms with E-state index in [-0.39, 0.29) is 6.04 Å². The van der Waals surface area contributed by atoms with Gasteiger partial charge in [0.05, 0.1) is 12.5 Å². The van der Waals surface area contributed by atoms with Crippen LogP contribution in [0.3, 0.4) is 0 Å². The molecule has 0 saturated carbocycles. The molecule has 0 aliphatic heterocycles. The summed E-state index contributed by atoms with van der Waals surface area (Å²) >= 11 is 3.65. The molecule has 0 amide bonds. The Bertz CT molecular complexity index is 539. The van der Waals surface area contributed by atoms with E-state index in [1.165, 1.54) is 16.8 Å². The maximum atomic E-state index is 6.02. The molecule has 1 heterocycles. The zero-order chi connectivity index (χ0) is 14.5. The van der Waals surface area contributed by atoms with Crippen molar-refractivity contribution in [3.05, 3.63) is 52.4 Å². The molecule has 1 unspecified atom stereocenters. The van der Waals surface area contributed by atoms with Crippen molar-refractivity contribution in [2.24, 2.45) is 5.73 Å². The summed E-state index contributed by atoms with van der Waals surface area (Å²) in [5, 5.41) is 0. The number of benzene rings is 1. The second kappa shape index (κ2) is 6.95. The van der Waals surface area contributed by atoms with Crippen LogP contribution in [0.5, 0.6) is 0 Å². The van der Waals surface area contributed by atoms with E-state index in [1.807, 2.05) is 6.07 Å². The lowest BCUT2D eigenvalue weighted by molar-refractivity contribution is 0.563. The Balaban J connectivity index is 2.08. The molecular formula is C16H21BrN2O. The molecule has 0 spiro atoms. The summed E-state index contributed by atoms with van der Waals surface area (Å²) in [6.07, 6.45) is 5.38. The first kappa shape index (κ1) is 15.1. The Kier molecular flexibility index (Phi) is 5.26. The van der Waals surface area contributed by atoms with Gasteiger partial charge in [0.15, 0.2) is 0 Å². The lowest BCUT2D eigenvalue weighted by Crippen LogP contribution is -2.21. The minimum atomic E-state index is 0.223. The summed E-state index contributed by atoms with van der Waals surface area (Å²) in [6.45, 7) is 2.95. The maximum absolute atomic E-state index is 6.02. The lowest BCUT2D eigenvalue weighted by Gasteiger charge is -2.20. The molecule has 1 aromatic carbocycles. The van der Waals surface area contributed by atoms with Crippen molar-refractivity contribution in [3.8, 4) is 0 Å². The topological polar surface area (TPSA) is 42.4 Å². The van der Waals surface area contributed by atoms with Crippen molar-refractivity contribution >= 4 is 21.6 Å². The van der Waals surface area contributed by atoms with Gasteiger partial charge in [-0.1, -0.05) is 28.9 Å². The molecule has 2 rings (SSSR count). The fourth-order valence-electron chi connectivity index (χ4n) is 2.11. The van der Waals surface area contributed by atoms with Gasteiger partial charge < -0.3 is 15.1 Å². The largest absolute Gasteiger partial charge is 0.472 e. The second-order valence-corrected chi connectivity index (χ2v) is 5.99. The molecule has 3 nitrogen and oxygen atoms in total. The Morgan fingerprint density at radius 2 is 2.15 bits per heavy atom. The number of nitrogens with two attached hydrogens (primary N) is 1. The molecule has 1 aromatic heterocycles. The van der Waals surface area contributed by atoms with Crippen molar-refractivity contribution < 1.29 is 4.42 Å². The molecule has 0 fully saturated rings. The van der Waals surface area contributed by atoms with Crippen molar-refractivity contribution in [2.75, 3.05) is 11.9 Å². The van der Waals surface area contributed by atoms with Crippen LogP contribution in [0, 0.1) is 0 Å². The molecule has 0 radical (unpaired) electrons. The number of furan rings is 1. The normalized spacial score (nSPS) is 12.4. The highest BCUT2D eigenvalue weighted by Gasteiger charge is 2.09. The van der Waals surface area contributed by atoms with Crippen LogP contribution < -0.4 is 10.6 Å². The van der Waals surface area contributed by atoms with Gasteiger partial charge in [0.25, 0.3) is 0 Å². The smallest absolute Gasteiger partial charge is 0.0952 e. The summed E-state index contributed by atoms with van der Waals surface area (Å²) in [5.74, 6) is 0. The predicted octanol–water partition coefficient (Wildman–Crippen LogP) is 3.96. The summed E-state index contributed by atoms with van der Waals surface area (Å²) in [6, 6.07) is 8.65. The van der Waals surface area contributed by atoms with Gasteiger partial charge in [-0.3, -0.25) is 0 Å². The predicted molar refractivity (Wildman–Crippen MR) is 86.9 cm³/mol. The average molecular weight is 337 g/mol. The monoisotopic (exact) mass is 336 g/mol. The van der Waals surface area contributed by atoms with E-state index in [9.17, 15) is 0 Å². The second-order valence-electron chi connectivity index (χ2n) is 5.14. The van der Waals surface area contributed by atoms with E-state index >= 15 is 0 Å². The van der Waals surface area contributed by atoms with Gasteiger partial charge in [-0.25, -0.2) is 0 Å². The van der Waals surface area contributed by atoms with Crippen molar-refractivity contribution in [3.63, 3.8) is 0 Å². The van der Waals surface area contributed by atoms with E-state index in [0.29, 0.717) is 0 Å². The molecule has 0 aliphatic carbocycles. The van der Waals surface area contributed by atoms with E-state index in [4.69, 9.17) is 10.2 Å². The number of halogens is 1. The fraction of sp³-hybridized carbons (Fsp3) is 0.375. The molecule has 2 aromatic rings. The van der Waals surface area contributed by atoms with E-state index in [1.54, 1.807) is 12.5 Å². The zero-order valence-corrected chi connectivity index (χ0v) is 13.6. The highest BCUT2D eigenvalue weighted by molar-refractivity contribution is 9.10. The van der Waals surface area contributed by atoms with Crippen molar-refractivity contribution in [2.45, 2.75) is 32.4 Å². The van der Waals surface area contributed by atoms with Gasteiger partial charge in [0.2, 0.25) is 0 Å². The van der Waals surface area contributed by atoms with Crippen molar-refractivity contribution in [1.82, 2.24) is 0 Å². The zero-order valence-electron chi connectivity index (χ0n) is 12.0. The van der Waals surface area contributed by atoms with E-state index < -0.39 is 0 Å². The van der Waals surface area contributed by atoms with Crippen LogP contribution in [-0.2, 0) is 13.0 Å². The molecule has 4 heteroatoms. The van der Waals surface area contributed by atoms with Gasteiger partial charge >= 0.3 is 0 Å². The summed E-state index contributed by atoms with van der Waals surface area (Å²) < 4.78 is 6.22. The van der Waals surface area contributed by atoms with E-state index in [2.05, 4.69) is 53.0 Å². The number of hydrogen-bond donors (Lipinski definition) is 1. The third-order valence-corrected chi connectivity index (χ3v) is 4.22. The van der Waals surface area contributed by atoms with Crippen LogP contribution in [0.15, 0.2) is 45.7 Å². The highest BCUT2D eigenvalue weighted by Crippen LogP contribution is 2.25. The van der Waals surface area contributed by atoms with Gasteiger partial charge in [-0.2, -0.15) is 0 Å². The molecule has 0 aliphatic rings. The Labute approximate surface area is 128 Å². The minimum Gasteiger partial charge on any atom is -0.472 e. The van der Waals surface area contributed by atoms with Gasteiger partial charge in [0, 0.05) is 35.4 Å². The summed E-state index contributed by atoms with van der Waals surface area (Å²) in [5.41, 5.74) is 9.62. The molecule has 0 bridgehead atoms. The Hall–Kier alpha value is -1.26. The molecule has 20 heavy (non-hydrogen) atoms. The van der Waals surface area contributed by atoms with Crippen LogP contribution in [0.25, 0.3) is 0 Å². The Morgan fingerprint density at radius 1 is 1.35 bits per heavy atom. The first-order valence-electron chi connectivity index (χ1n) is 6.86.